The van der Waals surface area contributed by atoms with E-state index in [0.717, 1.165) is 19.3 Å². The number of hydrogen-bond acceptors (Lipinski definition) is 3. The van der Waals surface area contributed by atoms with Crippen molar-refractivity contribution in [1.82, 2.24) is 9.71 Å². The molecule has 0 fully saturated rings. The Kier molecular flexibility index (Phi) is 5.36. The molecule has 0 aliphatic heterocycles. The quantitative estimate of drug-likeness (QED) is 0.813. The van der Waals surface area contributed by atoms with Crippen LogP contribution < -0.4 is 4.72 Å². The first-order valence-corrected chi connectivity index (χ1v) is 7.45. The van der Waals surface area contributed by atoms with Crippen molar-refractivity contribution in [1.29, 1.82) is 0 Å². The van der Waals surface area contributed by atoms with Crippen LogP contribution in [0, 0.1) is 0 Å². The summed E-state index contributed by atoms with van der Waals surface area (Å²) in [7, 11) is -3.48. The van der Waals surface area contributed by atoms with Gasteiger partial charge in [-0.15, -0.1) is 0 Å². The number of nitrogens with zero attached hydrogens (tertiary/aromatic N) is 1. The van der Waals surface area contributed by atoms with Gasteiger partial charge in [-0.2, -0.15) is 0 Å². The van der Waals surface area contributed by atoms with E-state index in [1.54, 1.807) is 0 Å². The number of nitrogens with one attached hydrogen (secondary N) is 1. The van der Waals surface area contributed by atoms with E-state index < -0.39 is 10.0 Å². The maximum atomic E-state index is 11.9. The summed E-state index contributed by atoms with van der Waals surface area (Å²) in [5.74, 6) is 0. The minimum atomic E-state index is -3.48. The van der Waals surface area contributed by atoms with E-state index in [4.69, 9.17) is 11.6 Å². The van der Waals surface area contributed by atoms with Crippen LogP contribution in [0.1, 0.15) is 33.1 Å². The Morgan fingerprint density at radius 3 is 2.71 bits per heavy atom. The molecule has 0 bridgehead atoms. The third-order valence-electron chi connectivity index (χ3n) is 2.36. The highest BCUT2D eigenvalue weighted by Gasteiger charge is 2.17. The highest BCUT2D eigenvalue weighted by molar-refractivity contribution is 7.89. The Bertz CT molecular complexity index is 445. The van der Waals surface area contributed by atoms with Gasteiger partial charge in [0, 0.05) is 12.2 Å². The first kappa shape index (κ1) is 14.4. The maximum Gasteiger partial charge on any atom is 0.242 e. The van der Waals surface area contributed by atoms with Gasteiger partial charge in [-0.05, 0) is 25.5 Å². The van der Waals surface area contributed by atoms with Crippen LogP contribution in [0.3, 0.4) is 0 Å². The largest absolute Gasteiger partial charge is 0.243 e. The Hall–Kier alpha value is -0.650. The van der Waals surface area contributed by atoms with Crippen LogP contribution >= 0.6 is 11.6 Å². The monoisotopic (exact) mass is 276 g/mol. The third kappa shape index (κ3) is 4.61. The second kappa shape index (κ2) is 6.33. The van der Waals surface area contributed by atoms with Crippen molar-refractivity contribution >= 4 is 21.6 Å². The van der Waals surface area contributed by atoms with Crippen LogP contribution in [-0.2, 0) is 10.0 Å². The van der Waals surface area contributed by atoms with Crippen molar-refractivity contribution in [2.24, 2.45) is 0 Å². The van der Waals surface area contributed by atoms with Gasteiger partial charge in [-0.3, -0.25) is 0 Å². The lowest BCUT2D eigenvalue weighted by Crippen LogP contribution is -2.32. The molecule has 1 aromatic rings. The topological polar surface area (TPSA) is 59.1 Å². The van der Waals surface area contributed by atoms with Gasteiger partial charge in [0.2, 0.25) is 10.0 Å². The molecule has 0 aliphatic rings. The summed E-state index contributed by atoms with van der Waals surface area (Å²) < 4.78 is 26.5. The van der Waals surface area contributed by atoms with E-state index >= 15 is 0 Å². The molecule has 0 saturated heterocycles. The van der Waals surface area contributed by atoms with Crippen molar-refractivity contribution in [3.63, 3.8) is 0 Å². The van der Waals surface area contributed by atoms with Gasteiger partial charge in [0.25, 0.3) is 0 Å². The molecule has 0 aromatic carbocycles. The fourth-order valence-electron chi connectivity index (χ4n) is 1.42. The van der Waals surface area contributed by atoms with Gasteiger partial charge in [-0.25, -0.2) is 18.1 Å². The fourth-order valence-corrected chi connectivity index (χ4v) is 2.76. The lowest BCUT2D eigenvalue weighted by Gasteiger charge is -2.13. The molecule has 96 valence electrons. The summed E-state index contributed by atoms with van der Waals surface area (Å²) in [5, 5.41) is 0.281. The molecule has 1 heterocycles. The summed E-state index contributed by atoms with van der Waals surface area (Å²) in [4.78, 5) is 3.90. The zero-order valence-corrected chi connectivity index (χ0v) is 11.6. The molecular formula is C11H17ClN2O2S. The molecule has 1 rings (SSSR count). The predicted molar refractivity (Wildman–Crippen MR) is 68.6 cm³/mol. The maximum absolute atomic E-state index is 11.9. The average molecular weight is 277 g/mol. The first-order chi connectivity index (χ1) is 7.95. The zero-order valence-electron chi connectivity index (χ0n) is 9.98. The molecule has 1 N–H and O–H groups in total. The van der Waals surface area contributed by atoms with E-state index in [0.29, 0.717) is 0 Å². The first-order valence-electron chi connectivity index (χ1n) is 5.59. The summed E-state index contributed by atoms with van der Waals surface area (Å²) >= 11 is 5.61. The van der Waals surface area contributed by atoms with Crippen LogP contribution in [0.4, 0.5) is 0 Å². The second-order valence-corrected chi connectivity index (χ2v) is 6.08. The van der Waals surface area contributed by atoms with Crippen molar-refractivity contribution in [3.05, 3.63) is 23.5 Å². The zero-order chi connectivity index (χ0) is 12.9. The molecule has 1 atom stereocenters. The summed E-state index contributed by atoms with van der Waals surface area (Å²) in [6, 6.07) is 2.84. The second-order valence-electron chi connectivity index (χ2n) is 3.98. The molecule has 6 heteroatoms. The third-order valence-corrected chi connectivity index (χ3v) is 4.16. The van der Waals surface area contributed by atoms with Crippen LogP contribution in [-0.4, -0.2) is 19.4 Å². The van der Waals surface area contributed by atoms with E-state index in [2.05, 4.69) is 16.6 Å². The fraction of sp³-hybridized carbons (Fsp3) is 0.545. The molecular weight excluding hydrogens is 260 g/mol. The summed E-state index contributed by atoms with van der Waals surface area (Å²) in [6.07, 6.45) is 4.14. The minimum absolute atomic E-state index is 0.0735. The normalized spacial score (nSPS) is 13.6. The minimum Gasteiger partial charge on any atom is -0.243 e. The molecule has 0 saturated carbocycles. The SMILES string of the molecule is CCCCC(C)NS(=O)(=O)c1ccc(Cl)nc1. The van der Waals surface area contributed by atoms with Crippen molar-refractivity contribution in [3.8, 4) is 0 Å². The number of sulfonamides is 1. The Balaban J connectivity index is 2.71. The van der Waals surface area contributed by atoms with Crippen molar-refractivity contribution in [2.45, 2.75) is 44.0 Å². The van der Waals surface area contributed by atoms with Crippen molar-refractivity contribution < 1.29 is 8.42 Å². The molecule has 1 aromatic heterocycles. The molecule has 4 nitrogen and oxygen atoms in total. The number of halogens is 1. The number of hydrogen-bond donors (Lipinski definition) is 1. The van der Waals surface area contributed by atoms with Crippen LogP contribution in [0.2, 0.25) is 5.15 Å². The summed E-state index contributed by atoms with van der Waals surface area (Å²) in [6.45, 7) is 3.93. The molecule has 0 aliphatic carbocycles. The van der Waals surface area contributed by atoms with E-state index in [-0.39, 0.29) is 16.1 Å². The number of rotatable bonds is 6. The molecule has 0 radical (unpaired) electrons. The van der Waals surface area contributed by atoms with Crippen LogP contribution in [0.5, 0.6) is 0 Å². The number of pyridine rings is 1. The van der Waals surface area contributed by atoms with E-state index in [1.165, 1.54) is 18.3 Å². The lowest BCUT2D eigenvalue weighted by molar-refractivity contribution is 0.534. The van der Waals surface area contributed by atoms with Gasteiger partial charge in [-0.1, -0.05) is 31.4 Å². The predicted octanol–water partition coefficient (Wildman–Crippen LogP) is 2.59. The van der Waals surface area contributed by atoms with Crippen LogP contribution in [0.25, 0.3) is 0 Å². The molecule has 0 amide bonds. The van der Waals surface area contributed by atoms with Crippen LogP contribution in [0.15, 0.2) is 23.2 Å². The van der Waals surface area contributed by atoms with Gasteiger partial charge in [0.15, 0.2) is 0 Å². The highest BCUT2D eigenvalue weighted by Crippen LogP contribution is 2.12. The van der Waals surface area contributed by atoms with Gasteiger partial charge >= 0.3 is 0 Å². The molecule has 0 spiro atoms. The Morgan fingerprint density at radius 2 is 2.18 bits per heavy atom. The van der Waals surface area contributed by atoms with E-state index in [9.17, 15) is 8.42 Å². The van der Waals surface area contributed by atoms with Gasteiger partial charge in [0.05, 0.1) is 0 Å². The summed E-state index contributed by atoms with van der Waals surface area (Å²) in [5.41, 5.74) is 0. The lowest BCUT2D eigenvalue weighted by atomic mass is 10.2. The number of unbranched alkanes of at least 4 members (excludes halogenated alkanes) is 1. The van der Waals surface area contributed by atoms with Gasteiger partial charge in [0.1, 0.15) is 10.0 Å². The number of aromatic nitrogens is 1. The Labute approximate surface area is 107 Å². The smallest absolute Gasteiger partial charge is 0.242 e. The van der Waals surface area contributed by atoms with E-state index in [1.807, 2.05) is 6.92 Å². The molecule has 17 heavy (non-hydrogen) atoms. The Morgan fingerprint density at radius 1 is 1.47 bits per heavy atom. The average Bonchev–Trinajstić information content (AvgIpc) is 2.26. The highest BCUT2D eigenvalue weighted by atomic mass is 35.5. The standard InChI is InChI=1S/C11H17ClN2O2S/c1-3-4-5-9(2)14-17(15,16)10-6-7-11(12)13-8-10/h6-9,14H,3-5H2,1-2H3. The molecule has 1 unspecified atom stereocenters. The van der Waals surface area contributed by atoms with Gasteiger partial charge < -0.3 is 0 Å². The van der Waals surface area contributed by atoms with Crippen molar-refractivity contribution in [2.75, 3.05) is 0 Å².